The van der Waals surface area contributed by atoms with E-state index in [0.29, 0.717) is 6.54 Å². The van der Waals surface area contributed by atoms with E-state index in [-0.39, 0.29) is 18.4 Å². The first-order valence-corrected chi connectivity index (χ1v) is 8.96. The van der Waals surface area contributed by atoms with Crippen LogP contribution in [0.5, 0.6) is 0 Å². The van der Waals surface area contributed by atoms with Crippen LogP contribution in [0.2, 0.25) is 0 Å². The third-order valence-electron chi connectivity index (χ3n) is 5.78. The number of hydrogen-bond acceptors (Lipinski definition) is 5. The Balaban J connectivity index is 1.80. The van der Waals surface area contributed by atoms with Crippen LogP contribution in [0.3, 0.4) is 0 Å². The quantitative estimate of drug-likeness (QED) is 0.650. The molecule has 2 heterocycles. The molecule has 7 heteroatoms. The molecule has 140 valence electrons. The van der Waals surface area contributed by atoms with Gasteiger partial charge in [-0.3, -0.25) is 19.8 Å². The minimum atomic E-state index is -0.742. The van der Waals surface area contributed by atoms with Crippen molar-refractivity contribution in [2.75, 3.05) is 6.54 Å². The first-order chi connectivity index (χ1) is 11.9. The first kappa shape index (κ1) is 19.1. The number of imide groups is 1. The maximum atomic E-state index is 12.1. The number of nitrogens with zero attached hydrogens (tertiary/aromatic N) is 1. The van der Waals surface area contributed by atoms with E-state index in [1.165, 1.54) is 0 Å². The third-order valence-corrected chi connectivity index (χ3v) is 5.78. The van der Waals surface area contributed by atoms with E-state index < -0.39 is 23.9 Å². The Hall–Kier alpha value is -1.70. The summed E-state index contributed by atoms with van der Waals surface area (Å²) < 4.78 is 12.2. The number of rotatable bonds is 3. The molecule has 0 aromatic heterocycles. The summed E-state index contributed by atoms with van der Waals surface area (Å²) in [6, 6.07) is 7.94. The van der Waals surface area contributed by atoms with Crippen LogP contribution in [0.1, 0.15) is 47.1 Å². The molecule has 1 aromatic rings. The lowest BCUT2D eigenvalue weighted by atomic mass is 9.78. The molecule has 1 N–H and O–H groups in total. The molecule has 1 aromatic carbocycles. The largest absolute Gasteiger partial charge is 0.494 e. The Bertz CT molecular complexity index is 729. The van der Waals surface area contributed by atoms with E-state index in [1.807, 2.05) is 70.7 Å². The summed E-state index contributed by atoms with van der Waals surface area (Å²) >= 11 is 0. The van der Waals surface area contributed by atoms with Crippen LogP contribution in [0.25, 0.3) is 0 Å². The summed E-state index contributed by atoms with van der Waals surface area (Å²) in [5.74, 6) is -0.535. The number of carbonyl (C=O) groups excluding carboxylic acids is 2. The second-order valence-corrected chi connectivity index (χ2v) is 8.63. The minimum absolute atomic E-state index is 0.194. The first-order valence-electron chi connectivity index (χ1n) is 8.96. The zero-order chi connectivity index (χ0) is 19.3. The molecule has 0 atom stereocenters. The molecule has 2 fully saturated rings. The van der Waals surface area contributed by atoms with E-state index >= 15 is 0 Å². The van der Waals surface area contributed by atoms with Gasteiger partial charge in [-0.25, -0.2) is 0 Å². The smallest absolute Gasteiger partial charge is 0.399 e. The normalized spacial score (nSPS) is 24.6. The van der Waals surface area contributed by atoms with Gasteiger partial charge >= 0.3 is 7.12 Å². The Morgan fingerprint density at radius 3 is 2.31 bits per heavy atom. The summed E-state index contributed by atoms with van der Waals surface area (Å²) in [5.41, 5.74) is 0.411. The minimum Gasteiger partial charge on any atom is -0.399 e. The standard InChI is InChI=1S/C19H27BN2O4/c1-17(2)16(24)21-15(23)12-22(17)11-13-8-7-9-14(10-13)20-25-18(3,4)19(5,6)26-20/h7-10H,11-12H2,1-6H3,(H,21,23,24). The topological polar surface area (TPSA) is 67.9 Å². The van der Waals surface area contributed by atoms with Gasteiger partial charge in [-0.1, -0.05) is 24.3 Å². The van der Waals surface area contributed by atoms with Crippen LogP contribution in [0.4, 0.5) is 0 Å². The highest BCUT2D eigenvalue weighted by Gasteiger charge is 2.51. The van der Waals surface area contributed by atoms with Crippen molar-refractivity contribution in [1.82, 2.24) is 10.2 Å². The Morgan fingerprint density at radius 2 is 1.69 bits per heavy atom. The number of carbonyl (C=O) groups is 2. The van der Waals surface area contributed by atoms with Crippen LogP contribution in [-0.2, 0) is 25.4 Å². The molecular formula is C19H27BN2O4. The molecule has 3 rings (SSSR count). The van der Waals surface area contributed by atoms with Crippen LogP contribution in [0, 0.1) is 0 Å². The van der Waals surface area contributed by atoms with Gasteiger partial charge in [0.15, 0.2) is 0 Å². The number of benzene rings is 1. The average Bonchev–Trinajstić information content (AvgIpc) is 2.74. The van der Waals surface area contributed by atoms with Crippen molar-refractivity contribution in [2.45, 2.75) is 64.8 Å². The molecule has 2 aliphatic rings. The molecule has 0 aliphatic carbocycles. The van der Waals surface area contributed by atoms with E-state index in [4.69, 9.17) is 9.31 Å². The van der Waals surface area contributed by atoms with Gasteiger partial charge in [0.05, 0.1) is 23.3 Å². The van der Waals surface area contributed by atoms with Crippen molar-refractivity contribution in [3.05, 3.63) is 29.8 Å². The fourth-order valence-corrected chi connectivity index (χ4v) is 3.12. The van der Waals surface area contributed by atoms with Crippen molar-refractivity contribution in [3.63, 3.8) is 0 Å². The Kier molecular flexibility index (Phi) is 4.54. The fourth-order valence-electron chi connectivity index (χ4n) is 3.12. The molecule has 0 spiro atoms. The predicted octanol–water partition coefficient (Wildman–Crippen LogP) is 1.22. The van der Waals surface area contributed by atoms with E-state index in [1.54, 1.807) is 0 Å². The van der Waals surface area contributed by atoms with Crippen LogP contribution < -0.4 is 10.8 Å². The van der Waals surface area contributed by atoms with Gasteiger partial charge < -0.3 is 9.31 Å². The van der Waals surface area contributed by atoms with Crippen LogP contribution in [-0.4, -0.2) is 47.1 Å². The fraction of sp³-hybridized carbons (Fsp3) is 0.579. The molecule has 26 heavy (non-hydrogen) atoms. The predicted molar refractivity (Wildman–Crippen MR) is 99.8 cm³/mol. The maximum absolute atomic E-state index is 12.1. The zero-order valence-corrected chi connectivity index (χ0v) is 16.4. The zero-order valence-electron chi connectivity index (χ0n) is 16.4. The van der Waals surface area contributed by atoms with Crippen molar-refractivity contribution in [2.24, 2.45) is 0 Å². The van der Waals surface area contributed by atoms with E-state index in [2.05, 4.69) is 5.32 Å². The summed E-state index contributed by atoms with van der Waals surface area (Å²) in [4.78, 5) is 25.8. The summed E-state index contributed by atoms with van der Waals surface area (Å²) in [6.07, 6.45) is 0. The summed E-state index contributed by atoms with van der Waals surface area (Å²) in [7, 11) is -0.431. The summed E-state index contributed by atoms with van der Waals surface area (Å²) in [5, 5.41) is 2.40. The molecule has 0 radical (unpaired) electrons. The highest BCUT2D eigenvalue weighted by Crippen LogP contribution is 2.36. The second kappa shape index (κ2) is 6.18. The monoisotopic (exact) mass is 358 g/mol. The molecule has 0 saturated carbocycles. The van der Waals surface area contributed by atoms with Crippen molar-refractivity contribution in [3.8, 4) is 0 Å². The number of piperazine rings is 1. The maximum Gasteiger partial charge on any atom is 0.494 e. The van der Waals surface area contributed by atoms with Crippen LogP contribution in [0.15, 0.2) is 24.3 Å². The van der Waals surface area contributed by atoms with Gasteiger partial charge in [0.1, 0.15) is 0 Å². The lowest BCUT2D eigenvalue weighted by Crippen LogP contribution is -2.63. The highest BCUT2D eigenvalue weighted by molar-refractivity contribution is 6.62. The molecule has 2 saturated heterocycles. The Morgan fingerprint density at radius 1 is 1.08 bits per heavy atom. The molecule has 0 unspecified atom stereocenters. The lowest BCUT2D eigenvalue weighted by molar-refractivity contribution is -0.145. The SMILES string of the molecule is CC1(C)C(=O)NC(=O)CN1Cc1cccc(B2OC(C)(C)C(C)(C)O2)c1. The van der Waals surface area contributed by atoms with Gasteiger partial charge in [0, 0.05) is 6.54 Å². The molecule has 6 nitrogen and oxygen atoms in total. The highest BCUT2D eigenvalue weighted by atomic mass is 16.7. The third kappa shape index (κ3) is 3.31. The summed E-state index contributed by atoms with van der Waals surface area (Å²) in [6.45, 7) is 12.4. The second-order valence-electron chi connectivity index (χ2n) is 8.63. The number of amides is 2. The number of hydrogen-bond donors (Lipinski definition) is 1. The van der Waals surface area contributed by atoms with Gasteiger partial charge in [-0.05, 0) is 52.6 Å². The molecule has 2 aliphatic heterocycles. The van der Waals surface area contributed by atoms with Gasteiger partial charge in [0.25, 0.3) is 0 Å². The molecular weight excluding hydrogens is 331 g/mol. The van der Waals surface area contributed by atoms with Gasteiger partial charge in [-0.15, -0.1) is 0 Å². The van der Waals surface area contributed by atoms with E-state index in [9.17, 15) is 9.59 Å². The lowest BCUT2D eigenvalue weighted by Gasteiger charge is -2.40. The van der Waals surface area contributed by atoms with Crippen molar-refractivity contribution in [1.29, 1.82) is 0 Å². The van der Waals surface area contributed by atoms with Gasteiger partial charge in [-0.2, -0.15) is 0 Å². The molecule has 2 amide bonds. The Labute approximate surface area is 155 Å². The van der Waals surface area contributed by atoms with E-state index in [0.717, 1.165) is 11.0 Å². The molecule has 0 bridgehead atoms. The number of nitrogens with one attached hydrogen (secondary N) is 1. The average molecular weight is 358 g/mol. The van der Waals surface area contributed by atoms with Crippen molar-refractivity contribution < 1.29 is 18.9 Å². The van der Waals surface area contributed by atoms with Crippen LogP contribution >= 0.6 is 0 Å². The van der Waals surface area contributed by atoms with Crippen molar-refractivity contribution >= 4 is 24.4 Å². The van der Waals surface area contributed by atoms with Gasteiger partial charge in [0.2, 0.25) is 11.8 Å².